The monoisotopic (exact) mass is 323 g/mol. The van der Waals surface area contributed by atoms with E-state index in [1.165, 1.54) is 0 Å². The maximum Gasteiger partial charge on any atom is 0.411 e. The Kier molecular flexibility index (Phi) is 4.96. The molecule has 3 rings (SSSR count). The van der Waals surface area contributed by atoms with Gasteiger partial charge in [0.1, 0.15) is 12.1 Å². The van der Waals surface area contributed by atoms with Gasteiger partial charge in [0.2, 0.25) is 0 Å². The first-order valence-corrected chi connectivity index (χ1v) is 8.01. The minimum atomic E-state index is -0.701. The van der Waals surface area contributed by atoms with E-state index < -0.39 is 5.54 Å². The summed E-state index contributed by atoms with van der Waals surface area (Å²) in [6, 6.07) is 19.5. The van der Waals surface area contributed by atoms with Crippen molar-refractivity contribution in [2.45, 2.75) is 12.1 Å². The highest BCUT2D eigenvalue weighted by Crippen LogP contribution is 2.33. The minimum absolute atomic E-state index is 0.249. The Balaban J connectivity index is 1.80. The third-order valence-electron chi connectivity index (χ3n) is 4.30. The predicted octanol–water partition coefficient (Wildman–Crippen LogP) is 3.74. The second kappa shape index (κ2) is 7.32. The standard InChI is InChI=1S/C20H21NO3/c1-2-20(18-11-7-4-8-12-18)16-23-14-13-21(20)19(22)24-15-17-9-5-3-6-10-17/h2-12H,1,13-16H2. The molecule has 0 aromatic heterocycles. The molecular formula is C20H21NO3. The van der Waals surface area contributed by atoms with Crippen LogP contribution in [0.3, 0.4) is 0 Å². The van der Waals surface area contributed by atoms with Gasteiger partial charge < -0.3 is 9.47 Å². The molecule has 0 N–H and O–H groups in total. The Morgan fingerprint density at radius 1 is 1.17 bits per heavy atom. The van der Waals surface area contributed by atoms with Crippen LogP contribution in [0.2, 0.25) is 0 Å². The lowest BCUT2D eigenvalue weighted by molar-refractivity contribution is -0.0446. The van der Waals surface area contributed by atoms with Gasteiger partial charge in [-0.15, -0.1) is 6.58 Å². The largest absolute Gasteiger partial charge is 0.445 e. The molecule has 0 aliphatic carbocycles. The summed E-state index contributed by atoms with van der Waals surface area (Å²) >= 11 is 0. The van der Waals surface area contributed by atoms with E-state index in [1.54, 1.807) is 11.0 Å². The van der Waals surface area contributed by atoms with Crippen LogP contribution < -0.4 is 0 Å². The van der Waals surface area contributed by atoms with Gasteiger partial charge in [0.15, 0.2) is 0 Å². The highest BCUT2D eigenvalue weighted by atomic mass is 16.6. The zero-order chi connectivity index (χ0) is 16.8. The van der Waals surface area contributed by atoms with E-state index >= 15 is 0 Å². The van der Waals surface area contributed by atoms with E-state index in [0.717, 1.165) is 11.1 Å². The first-order chi connectivity index (χ1) is 11.8. The normalized spacial score (nSPS) is 20.4. The minimum Gasteiger partial charge on any atom is -0.445 e. The summed E-state index contributed by atoms with van der Waals surface area (Å²) in [5.41, 5.74) is 1.23. The summed E-state index contributed by atoms with van der Waals surface area (Å²) in [6.45, 7) is 5.54. The van der Waals surface area contributed by atoms with Gasteiger partial charge in [-0.25, -0.2) is 4.79 Å². The first kappa shape index (κ1) is 16.3. The van der Waals surface area contributed by atoms with Crippen LogP contribution in [-0.4, -0.2) is 30.8 Å². The van der Waals surface area contributed by atoms with Crippen molar-refractivity contribution in [2.24, 2.45) is 0 Å². The summed E-state index contributed by atoms with van der Waals surface area (Å²) in [7, 11) is 0. The lowest BCUT2D eigenvalue weighted by Gasteiger charge is -2.44. The number of amides is 1. The Hall–Kier alpha value is -2.59. The van der Waals surface area contributed by atoms with Crippen LogP contribution in [0, 0.1) is 0 Å². The van der Waals surface area contributed by atoms with Crippen molar-refractivity contribution in [3.63, 3.8) is 0 Å². The molecule has 4 heteroatoms. The molecule has 1 aliphatic heterocycles. The van der Waals surface area contributed by atoms with E-state index in [9.17, 15) is 4.79 Å². The smallest absolute Gasteiger partial charge is 0.411 e. The van der Waals surface area contributed by atoms with E-state index in [-0.39, 0.29) is 12.7 Å². The highest BCUT2D eigenvalue weighted by molar-refractivity contribution is 5.70. The molecule has 1 saturated heterocycles. The van der Waals surface area contributed by atoms with E-state index in [4.69, 9.17) is 9.47 Å². The molecule has 0 radical (unpaired) electrons. The Morgan fingerprint density at radius 3 is 2.50 bits per heavy atom. The predicted molar refractivity (Wildman–Crippen MR) is 92.5 cm³/mol. The van der Waals surface area contributed by atoms with Gasteiger partial charge in [0.05, 0.1) is 13.2 Å². The molecule has 2 aromatic carbocycles. The molecule has 0 saturated carbocycles. The molecule has 1 heterocycles. The van der Waals surface area contributed by atoms with E-state index in [1.807, 2.05) is 60.7 Å². The number of benzene rings is 2. The fraction of sp³-hybridized carbons (Fsp3) is 0.250. The van der Waals surface area contributed by atoms with Crippen molar-refractivity contribution < 1.29 is 14.3 Å². The number of carbonyl (C=O) groups is 1. The van der Waals surface area contributed by atoms with E-state index in [2.05, 4.69) is 6.58 Å². The van der Waals surface area contributed by atoms with Crippen LogP contribution in [0.1, 0.15) is 11.1 Å². The topological polar surface area (TPSA) is 38.8 Å². The lowest BCUT2D eigenvalue weighted by atomic mass is 9.88. The van der Waals surface area contributed by atoms with Gasteiger partial charge in [-0.2, -0.15) is 0 Å². The highest BCUT2D eigenvalue weighted by Gasteiger charge is 2.42. The third-order valence-corrected chi connectivity index (χ3v) is 4.30. The Morgan fingerprint density at radius 2 is 1.83 bits per heavy atom. The first-order valence-electron chi connectivity index (χ1n) is 8.01. The summed E-state index contributed by atoms with van der Waals surface area (Å²) in [6.07, 6.45) is 1.41. The van der Waals surface area contributed by atoms with Crippen LogP contribution in [0.5, 0.6) is 0 Å². The number of hydrogen-bond donors (Lipinski definition) is 0. The van der Waals surface area contributed by atoms with E-state index in [0.29, 0.717) is 19.8 Å². The molecule has 1 aliphatic rings. The molecule has 2 aromatic rings. The van der Waals surface area contributed by atoms with Crippen LogP contribution >= 0.6 is 0 Å². The quantitative estimate of drug-likeness (QED) is 0.805. The van der Waals surface area contributed by atoms with Crippen molar-refractivity contribution in [3.8, 4) is 0 Å². The molecular weight excluding hydrogens is 302 g/mol. The average Bonchev–Trinajstić information content (AvgIpc) is 2.67. The van der Waals surface area contributed by atoms with Crippen molar-refractivity contribution >= 4 is 6.09 Å². The molecule has 1 atom stereocenters. The van der Waals surface area contributed by atoms with Crippen LogP contribution in [0.25, 0.3) is 0 Å². The number of morpholine rings is 1. The van der Waals surface area contributed by atoms with Crippen molar-refractivity contribution in [3.05, 3.63) is 84.4 Å². The van der Waals surface area contributed by atoms with Crippen LogP contribution in [0.15, 0.2) is 73.3 Å². The van der Waals surface area contributed by atoms with Gasteiger partial charge in [0, 0.05) is 6.54 Å². The second-order valence-electron chi connectivity index (χ2n) is 5.74. The van der Waals surface area contributed by atoms with Crippen LogP contribution in [0.4, 0.5) is 4.79 Å². The maximum atomic E-state index is 12.7. The van der Waals surface area contributed by atoms with Gasteiger partial charge in [-0.05, 0) is 11.1 Å². The number of hydrogen-bond acceptors (Lipinski definition) is 3. The zero-order valence-electron chi connectivity index (χ0n) is 13.6. The molecule has 1 amide bonds. The van der Waals surface area contributed by atoms with Crippen molar-refractivity contribution in [1.82, 2.24) is 4.90 Å². The molecule has 4 nitrogen and oxygen atoms in total. The molecule has 1 unspecified atom stereocenters. The number of ether oxygens (including phenoxy) is 2. The molecule has 124 valence electrons. The zero-order valence-corrected chi connectivity index (χ0v) is 13.6. The van der Waals surface area contributed by atoms with Crippen LogP contribution in [-0.2, 0) is 21.6 Å². The molecule has 1 fully saturated rings. The SMILES string of the molecule is C=CC1(c2ccccc2)COCCN1C(=O)OCc1ccccc1. The maximum absolute atomic E-state index is 12.7. The lowest BCUT2D eigenvalue weighted by Crippen LogP contribution is -2.55. The fourth-order valence-electron chi connectivity index (χ4n) is 2.97. The van der Waals surface area contributed by atoms with Crippen molar-refractivity contribution in [1.29, 1.82) is 0 Å². The average molecular weight is 323 g/mol. The number of carbonyl (C=O) groups excluding carboxylic acids is 1. The fourth-order valence-corrected chi connectivity index (χ4v) is 2.97. The van der Waals surface area contributed by atoms with Gasteiger partial charge in [-0.1, -0.05) is 66.7 Å². The Bertz CT molecular complexity index is 687. The molecule has 0 bridgehead atoms. The van der Waals surface area contributed by atoms with Gasteiger partial charge in [0.25, 0.3) is 0 Å². The number of nitrogens with zero attached hydrogens (tertiary/aromatic N) is 1. The molecule has 0 spiro atoms. The summed E-state index contributed by atoms with van der Waals surface area (Å²) in [5.74, 6) is 0. The second-order valence-corrected chi connectivity index (χ2v) is 5.74. The van der Waals surface area contributed by atoms with Crippen molar-refractivity contribution in [2.75, 3.05) is 19.8 Å². The number of rotatable bonds is 4. The summed E-state index contributed by atoms with van der Waals surface area (Å²) in [5, 5.41) is 0. The summed E-state index contributed by atoms with van der Waals surface area (Å²) < 4.78 is 11.2. The molecule has 24 heavy (non-hydrogen) atoms. The summed E-state index contributed by atoms with van der Waals surface area (Å²) in [4.78, 5) is 14.4. The third kappa shape index (κ3) is 3.19. The Labute approximate surface area is 142 Å². The van der Waals surface area contributed by atoms with Gasteiger partial charge >= 0.3 is 6.09 Å². The van der Waals surface area contributed by atoms with Gasteiger partial charge in [-0.3, -0.25) is 4.90 Å².